The number of hydrogen-bond donors (Lipinski definition) is 1. The highest BCUT2D eigenvalue weighted by molar-refractivity contribution is 7.92. The molecular formula is C11H18N2O2S2. The van der Waals surface area contributed by atoms with E-state index in [1.165, 1.54) is 0 Å². The van der Waals surface area contributed by atoms with E-state index in [2.05, 4.69) is 4.98 Å². The summed E-state index contributed by atoms with van der Waals surface area (Å²) in [6, 6.07) is 0. The Morgan fingerprint density at radius 1 is 1.47 bits per heavy atom. The van der Waals surface area contributed by atoms with Crippen LogP contribution in [0.4, 0.5) is 0 Å². The summed E-state index contributed by atoms with van der Waals surface area (Å²) in [5, 5.41) is 0.719. The molecule has 2 rings (SSSR count). The maximum atomic E-state index is 11.9. The van der Waals surface area contributed by atoms with Gasteiger partial charge in [0.15, 0.2) is 9.84 Å². The zero-order valence-electron chi connectivity index (χ0n) is 9.76. The number of rotatable bonds is 4. The van der Waals surface area contributed by atoms with Crippen LogP contribution in [0, 0.1) is 0 Å². The molecule has 0 amide bonds. The van der Waals surface area contributed by atoms with Crippen LogP contribution in [-0.2, 0) is 22.7 Å². The van der Waals surface area contributed by atoms with Crippen molar-refractivity contribution in [2.45, 2.75) is 37.4 Å². The minimum absolute atomic E-state index is 0.215. The van der Waals surface area contributed by atoms with Crippen LogP contribution < -0.4 is 5.73 Å². The van der Waals surface area contributed by atoms with Crippen molar-refractivity contribution in [2.75, 3.05) is 12.3 Å². The highest BCUT2D eigenvalue weighted by Gasteiger charge is 2.29. The number of aromatic nitrogens is 1. The first kappa shape index (κ1) is 13.0. The Bertz CT molecular complexity index is 468. The van der Waals surface area contributed by atoms with Crippen LogP contribution in [-0.4, -0.2) is 30.9 Å². The molecule has 0 aliphatic carbocycles. The van der Waals surface area contributed by atoms with Gasteiger partial charge in [-0.25, -0.2) is 13.4 Å². The Morgan fingerprint density at radius 2 is 2.29 bits per heavy atom. The summed E-state index contributed by atoms with van der Waals surface area (Å²) in [5.74, 6) is 0.346. The highest BCUT2D eigenvalue weighted by atomic mass is 32.2. The molecule has 1 atom stereocenters. The fourth-order valence-electron chi connectivity index (χ4n) is 2.15. The zero-order valence-corrected chi connectivity index (χ0v) is 11.4. The molecular weight excluding hydrogens is 256 g/mol. The molecule has 2 N–H and O–H groups in total. The molecule has 96 valence electrons. The quantitative estimate of drug-likeness (QED) is 0.894. The fraction of sp³-hybridized carbons (Fsp3) is 0.727. The second kappa shape index (κ2) is 5.46. The predicted molar refractivity (Wildman–Crippen MR) is 70.0 cm³/mol. The SMILES string of the molecule is NCCc1cnc(CC2CCCCS2(=O)=O)s1. The lowest BCUT2D eigenvalue weighted by atomic mass is 10.1. The molecule has 4 nitrogen and oxygen atoms in total. The molecule has 0 radical (unpaired) electrons. The molecule has 1 aliphatic heterocycles. The third-order valence-electron chi connectivity index (χ3n) is 3.11. The first-order chi connectivity index (χ1) is 8.12. The molecule has 1 saturated heterocycles. The average Bonchev–Trinajstić information content (AvgIpc) is 2.70. The van der Waals surface area contributed by atoms with Crippen molar-refractivity contribution in [3.63, 3.8) is 0 Å². The van der Waals surface area contributed by atoms with Crippen LogP contribution in [0.5, 0.6) is 0 Å². The summed E-state index contributed by atoms with van der Waals surface area (Å²) >= 11 is 1.60. The van der Waals surface area contributed by atoms with Gasteiger partial charge in [-0.15, -0.1) is 11.3 Å². The van der Waals surface area contributed by atoms with Crippen LogP contribution in [0.15, 0.2) is 6.20 Å². The lowest BCUT2D eigenvalue weighted by molar-refractivity contribution is 0.537. The zero-order chi connectivity index (χ0) is 12.3. The maximum Gasteiger partial charge on any atom is 0.153 e. The van der Waals surface area contributed by atoms with Gasteiger partial charge in [0.05, 0.1) is 16.0 Å². The topological polar surface area (TPSA) is 73.0 Å². The Kier molecular flexibility index (Phi) is 4.17. The van der Waals surface area contributed by atoms with E-state index in [0.717, 1.165) is 35.6 Å². The molecule has 1 aromatic heterocycles. The standard InChI is InChI=1S/C11H18N2O2S2/c12-5-4-9-8-13-11(16-9)7-10-3-1-2-6-17(10,14)15/h8,10H,1-7,12H2. The normalized spacial score (nSPS) is 23.7. The largest absolute Gasteiger partial charge is 0.330 e. The second-order valence-corrected chi connectivity index (χ2v) is 8.05. The van der Waals surface area contributed by atoms with Gasteiger partial charge >= 0.3 is 0 Å². The van der Waals surface area contributed by atoms with Gasteiger partial charge in [0.25, 0.3) is 0 Å². The minimum Gasteiger partial charge on any atom is -0.330 e. The summed E-state index contributed by atoms with van der Waals surface area (Å²) in [6.45, 7) is 0.614. The van der Waals surface area contributed by atoms with Crippen LogP contribution in [0.2, 0.25) is 0 Å². The number of nitrogens with two attached hydrogens (primary N) is 1. The van der Waals surface area contributed by atoms with E-state index in [-0.39, 0.29) is 5.25 Å². The van der Waals surface area contributed by atoms with E-state index >= 15 is 0 Å². The number of thiazole rings is 1. The molecule has 6 heteroatoms. The second-order valence-electron chi connectivity index (χ2n) is 4.45. The third kappa shape index (κ3) is 3.26. The van der Waals surface area contributed by atoms with Crippen molar-refractivity contribution >= 4 is 21.2 Å². The lowest BCUT2D eigenvalue weighted by Gasteiger charge is -2.21. The average molecular weight is 274 g/mol. The molecule has 0 spiro atoms. The summed E-state index contributed by atoms with van der Waals surface area (Å²) in [4.78, 5) is 5.44. The predicted octanol–water partition coefficient (Wildman–Crippen LogP) is 1.15. The van der Waals surface area contributed by atoms with E-state index in [0.29, 0.717) is 18.7 Å². The molecule has 1 unspecified atom stereocenters. The molecule has 0 bridgehead atoms. The van der Waals surface area contributed by atoms with Gasteiger partial charge in [0.1, 0.15) is 0 Å². The fourth-order valence-corrected chi connectivity index (χ4v) is 5.15. The molecule has 1 aliphatic rings. The smallest absolute Gasteiger partial charge is 0.153 e. The minimum atomic E-state index is -2.88. The van der Waals surface area contributed by atoms with E-state index in [1.54, 1.807) is 11.3 Å². The number of hydrogen-bond acceptors (Lipinski definition) is 5. The van der Waals surface area contributed by atoms with Crippen LogP contribution in [0.3, 0.4) is 0 Å². The van der Waals surface area contributed by atoms with Crippen molar-refractivity contribution in [3.8, 4) is 0 Å². The van der Waals surface area contributed by atoms with E-state index < -0.39 is 9.84 Å². The Morgan fingerprint density at radius 3 is 3.00 bits per heavy atom. The molecule has 1 fully saturated rings. The van der Waals surface area contributed by atoms with Crippen LogP contribution in [0.1, 0.15) is 29.1 Å². The number of nitrogens with zero attached hydrogens (tertiary/aromatic N) is 1. The summed E-state index contributed by atoms with van der Waals surface area (Å²) in [5.41, 5.74) is 5.48. The number of sulfone groups is 1. The van der Waals surface area contributed by atoms with E-state index in [4.69, 9.17) is 5.73 Å². The third-order valence-corrected chi connectivity index (χ3v) is 6.46. The molecule has 0 aromatic carbocycles. The van der Waals surface area contributed by atoms with Gasteiger partial charge in [-0.1, -0.05) is 6.42 Å². The van der Waals surface area contributed by atoms with Crippen molar-refractivity contribution in [3.05, 3.63) is 16.1 Å². The van der Waals surface area contributed by atoms with Crippen LogP contribution in [0.25, 0.3) is 0 Å². The van der Waals surface area contributed by atoms with Gasteiger partial charge in [-0.3, -0.25) is 0 Å². The first-order valence-corrected chi connectivity index (χ1v) is 8.50. The van der Waals surface area contributed by atoms with Crippen molar-refractivity contribution < 1.29 is 8.42 Å². The van der Waals surface area contributed by atoms with Crippen LogP contribution >= 0.6 is 11.3 Å². The maximum absolute atomic E-state index is 11.9. The monoisotopic (exact) mass is 274 g/mol. The van der Waals surface area contributed by atoms with Crippen molar-refractivity contribution in [2.24, 2.45) is 5.73 Å². The highest BCUT2D eigenvalue weighted by Crippen LogP contribution is 2.25. The first-order valence-electron chi connectivity index (χ1n) is 5.97. The van der Waals surface area contributed by atoms with Gasteiger partial charge < -0.3 is 5.73 Å². The Hall–Kier alpha value is -0.460. The van der Waals surface area contributed by atoms with Crippen molar-refractivity contribution in [1.29, 1.82) is 0 Å². The summed E-state index contributed by atoms with van der Waals surface area (Å²) in [7, 11) is -2.88. The Labute approximate surface area is 106 Å². The summed E-state index contributed by atoms with van der Waals surface area (Å²) < 4.78 is 23.8. The molecule has 0 saturated carbocycles. The lowest BCUT2D eigenvalue weighted by Crippen LogP contribution is -2.30. The molecule has 17 heavy (non-hydrogen) atoms. The van der Waals surface area contributed by atoms with Gasteiger partial charge in [0.2, 0.25) is 0 Å². The molecule has 1 aromatic rings. The van der Waals surface area contributed by atoms with Gasteiger partial charge in [-0.05, 0) is 25.8 Å². The van der Waals surface area contributed by atoms with Crippen molar-refractivity contribution in [1.82, 2.24) is 4.98 Å². The summed E-state index contributed by atoms with van der Waals surface area (Å²) in [6.07, 6.45) is 5.85. The molecule has 2 heterocycles. The van der Waals surface area contributed by atoms with Gasteiger partial charge in [0, 0.05) is 17.5 Å². The Balaban J connectivity index is 2.04. The van der Waals surface area contributed by atoms with Gasteiger partial charge in [-0.2, -0.15) is 0 Å². The van der Waals surface area contributed by atoms with E-state index in [1.807, 2.05) is 6.20 Å². The van der Waals surface area contributed by atoms with E-state index in [9.17, 15) is 8.42 Å².